The maximum atomic E-state index is 10.5. The van der Waals surface area contributed by atoms with E-state index in [-0.39, 0.29) is 6.42 Å². The molecule has 0 saturated carbocycles. The maximum absolute atomic E-state index is 10.5. The first kappa shape index (κ1) is 15.1. The maximum Gasteiger partial charge on any atom is 0.307 e. The third-order valence-corrected chi connectivity index (χ3v) is 3.78. The van der Waals surface area contributed by atoms with Gasteiger partial charge in [-0.25, -0.2) is 0 Å². The van der Waals surface area contributed by atoms with Crippen LogP contribution >= 0.6 is 11.3 Å². The van der Waals surface area contributed by atoms with E-state index in [0.717, 1.165) is 21.8 Å². The van der Waals surface area contributed by atoms with Gasteiger partial charge >= 0.3 is 5.97 Å². The first-order chi connectivity index (χ1) is 10.2. The summed E-state index contributed by atoms with van der Waals surface area (Å²) >= 11 is 1.65. The predicted octanol–water partition coefficient (Wildman–Crippen LogP) is 4.22. The SMILES string of the molecule is COc1ccc(/C(=C/C=C/CC(=O)O)c2cccs2)cc1. The molecule has 0 fully saturated rings. The monoisotopic (exact) mass is 300 g/mol. The van der Waals surface area contributed by atoms with Crippen molar-refractivity contribution in [1.82, 2.24) is 0 Å². The second kappa shape index (κ2) is 7.45. The highest BCUT2D eigenvalue weighted by Crippen LogP contribution is 2.28. The average Bonchev–Trinajstić information content (AvgIpc) is 3.01. The zero-order valence-electron chi connectivity index (χ0n) is 11.7. The topological polar surface area (TPSA) is 46.5 Å². The second-order valence-electron chi connectivity index (χ2n) is 4.31. The fourth-order valence-corrected chi connectivity index (χ4v) is 2.63. The van der Waals surface area contributed by atoms with Crippen molar-refractivity contribution in [3.05, 3.63) is 70.4 Å². The molecule has 4 heteroatoms. The smallest absolute Gasteiger partial charge is 0.307 e. The van der Waals surface area contributed by atoms with Crippen molar-refractivity contribution in [2.75, 3.05) is 7.11 Å². The minimum atomic E-state index is -0.832. The van der Waals surface area contributed by atoms with Crippen molar-refractivity contribution >= 4 is 22.9 Å². The minimum Gasteiger partial charge on any atom is -0.497 e. The van der Waals surface area contributed by atoms with E-state index in [2.05, 4.69) is 0 Å². The summed E-state index contributed by atoms with van der Waals surface area (Å²) in [5.41, 5.74) is 2.13. The molecule has 1 aromatic heterocycles. The zero-order chi connectivity index (χ0) is 15.1. The molecule has 0 aliphatic heterocycles. The van der Waals surface area contributed by atoms with Gasteiger partial charge in [0.15, 0.2) is 0 Å². The summed E-state index contributed by atoms with van der Waals surface area (Å²) in [6, 6.07) is 11.9. The number of hydrogen-bond donors (Lipinski definition) is 1. The van der Waals surface area contributed by atoms with Crippen molar-refractivity contribution in [2.24, 2.45) is 0 Å². The summed E-state index contributed by atoms with van der Waals surface area (Å²) in [6.45, 7) is 0. The molecule has 0 bridgehead atoms. The van der Waals surface area contributed by atoms with E-state index >= 15 is 0 Å². The van der Waals surface area contributed by atoms with Crippen LogP contribution in [0.4, 0.5) is 0 Å². The lowest BCUT2D eigenvalue weighted by atomic mass is 10.0. The van der Waals surface area contributed by atoms with E-state index in [4.69, 9.17) is 9.84 Å². The van der Waals surface area contributed by atoms with Gasteiger partial charge in [0, 0.05) is 4.88 Å². The number of hydrogen-bond acceptors (Lipinski definition) is 3. The van der Waals surface area contributed by atoms with Crippen LogP contribution in [0, 0.1) is 0 Å². The summed E-state index contributed by atoms with van der Waals surface area (Å²) < 4.78 is 5.17. The Morgan fingerprint density at radius 2 is 2.05 bits per heavy atom. The van der Waals surface area contributed by atoms with Crippen LogP contribution in [0.1, 0.15) is 16.9 Å². The van der Waals surface area contributed by atoms with Crippen LogP contribution in [0.5, 0.6) is 5.75 Å². The molecule has 1 aromatic carbocycles. The zero-order valence-corrected chi connectivity index (χ0v) is 12.5. The Kier molecular flexibility index (Phi) is 5.35. The molecule has 0 radical (unpaired) electrons. The second-order valence-corrected chi connectivity index (χ2v) is 5.26. The third-order valence-electron chi connectivity index (χ3n) is 2.88. The van der Waals surface area contributed by atoms with Crippen LogP contribution in [0.15, 0.2) is 60.0 Å². The number of methoxy groups -OCH3 is 1. The van der Waals surface area contributed by atoms with Gasteiger partial charge in [-0.3, -0.25) is 4.79 Å². The van der Waals surface area contributed by atoms with E-state index in [1.165, 1.54) is 0 Å². The Morgan fingerprint density at radius 3 is 2.62 bits per heavy atom. The molecule has 0 unspecified atom stereocenters. The first-order valence-electron chi connectivity index (χ1n) is 6.47. The minimum absolute atomic E-state index is 0.0246. The third kappa shape index (κ3) is 4.33. The largest absolute Gasteiger partial charge is 0.497 e. The van der Waals surface area contributed by atoms with Crippen LogP contribution in [0.25, 0.3) is 5.57 Å². The molecule has 0 aliphatic carbocycles. The summed E-state index contributed by atoms with van der Waals surface area (Å²) in [6.07, 6.45) is 5.39. The van der Waals surface area contributed by atoms with E-state index in [0.29, 0.717) is 0 Å². The van der Waals surface area contributed by atoms with Gasteiger partial charge in [-0.2, -0.15) is 0 Å². The van der Waals surface area contributed by atoms with Gasteiger partial charge in [0.1, 0.15) is 5.75 Å². The van der Waals surface area contributed by atoms with E-state index < -0.39 is 5.97 Å². The van der Waals surface area contributed by atoms with E-state index in [9.17, 15) is 4.79 Å². The predicted molar refractivity (Wildman–Crippen MR) is 85.8 cm³/mol. The summed E-state index contributed by atoms with van der Waals surface area (Å²) in [5, 5.41) is 10.7. The van der Waals surface area contributed by atoms with Gasteiger partial charge in [-0.1, -0.05) is 36.4 Å². The number of carboxylic acids is 1. The Balaban J connectivity index is 2.29. The Hall–Kier alpha value is -2.33. The number of carbonyl (C=O) groups is 1. The lowest BCUT2D eigenvalue weighted by molar-refractivity contribution is -0.136. The normalized spacial score (nSPS) is 11.8. The highest BCUT2D eigenvalue weighted by Gasteiger charge is 2.05. The van der Waals surface area contributed by atoms with Crippen LogP contribution < -0.4 is 4.74 Å². The van der Waals surface area contributed by atoms with Gasteiger partial charge in [0.25, 0.3) is 0 Å². The molecule has 21 heavy (non-hydrogen) atoms. The Bertz CT molecular complexity index is 637. The van der Waals surface area contributed by atoms with Gasteiger partial charge < -0.3 is 9.84 Å². The first-order valence-corrected chi connectivity index (χ1v) is 7.35. The van der Waals surface area contributed by atoms with Crippen molar-refractivity contribution in [1.29, 1.82) is 0 Å². The highest BCUT2D eigenvalue weighted by atomic mass is 32.1. The molecule has 2 aromatic rings. The van der Waals surface area contributed by atoms with E-state index in [1.807, 2.05) is 47.9 Å². The molecule has 0 aliphatic rings. The number of ether oxygens (including phenoxy) is 1. The van der Waals surface area contributed by atoms with Crippen LogP contribution in [-0.4, -0.2) is 18.2 Å². The van der Waals surface area contributed by atoms with Gasteiger partial charge in [0.05, 0.1) is 13.5 Å². The number of rotatable bonds is 6. The molecule has 1 heterocycles. The molecule has 3 nitrogen and oxygen atoms in total. The van der Waals surface area contributed by atoms with E-state index in [1.54, 1.807) is 30.6 Å². The van der Waals surface area contributed by atoms with Gasteiger partial charge in [0.2, 0.25) is 0 Å². The van der Waals surface area contributed by atoms with Crippen molar-refractivity contribution < 1.29 is 14.6 Å². The Morgan fingerprint density at radius 1 is 1.29 bits per heavy atom. The summed E-state index contributed by atoms with van der Waals surface area (Å²) in [5.74, 6) is -0.0209. The standard InChI is InChI=1S/C17H16O3S/c1-20-14-10-8-13(9-11-14)15(16-6-4-12-21-16)5-2-3-7-17(18)19/h2-6,8-12H,7H2,1H3,(H,18,19)/b3-2+,15-5-. The number of aliphatic carboxylic acids is 1. The quantitative estimate of drug-likeness (QED) is 0.812. The van der Waals surface area contributed by atoms with Crippen molar-refractivity contribution in [2.45, 2.75) is 6.42 Å². The van der Waals surface area contributed by atoms with Crippen molar-refractivity contribution in [3.8, 4) is 5.75 Å². The van der Waals surface area contributed by atoms with Gasteiger partial charge in [-0.15, -0.1) is 11.3 Å². The number of carboxylic acid groups (broad SMARTS) is 1. The molecular weight excluding hydrogens is 284 g/mol. The van der Waals surface area contributed by atoms with Crippen molar-refractivity contribution in [3.63, 3.8) is 0 Å². The molecule has 0 saturated heterocycles. The number of allylic oxidation sites excluding steroid dienone is 2. The lowest BCUT2D eigenvalue weighted by Crippen LogP contribution is -1.89. The molecule has 1 N–H and O–H groups in total. The molecule has 0 amide bonds. The molecule has 108 valence electrons. The molecular formula is C17H16O3S. The Labute approximate surface area is 127 Å². The van der Waals surface area contributed by atoms with Crippen LogP contribution in [0.2, 0.25) is 0 Å². The fraction of sp³-hybridized carbons (Fsp3) is 0.118. The average molecular weight is 300 g/mol. The number of benzene rings is 1. The number of thiophene rings is 1. The summed E-state index contributed by atoms with van der Waals surface area (Å²) in [7, 11) is 1.64. The van der Waals surface area contributed by atoms with Gasteiger partial charge in [-0.05, 0) is 34.7 Å². The fourth-order valence-electron chi connectivity index (χ4n) is 1.86. The molecule has 0 spiro atoms. The molecule has 0 atom stereocenters. The van der Waals surface area contributed by atoms with Crippen LogP contribution in [-0.2, 0) is 4.79 Å². The molecule has 2 rings (SSSR count). The highest BCUT2D eigenvalue weighted by molar-refractivity contribution is 7.11. The summed E-state index contributed by atoms with van der Waals surface area (Å²) in [4.78, 5) is 11.7. The lowest BCUT2D eigenvalue weighted by Gasteiger charge is -2.06. The van der Waals surface area contributed by atoms with Crippen LogP contribution in [0.3, 0.4) is 0 Å².